The molecule has 0 aliphatic rings. The molecule has 4 nitrogen and oxygen atoms in total. The molecule has 3 heterocycles. The van der Waals surface area contributed by atoms with Gasteiger partial charge in [-0.3, -0.25) is 0 Å². The molecule has 5 heteroatoms. The summed E-state index contributed by atoms with van der Waals surface area (Å²) in [5, 5.41) is 15.2. The highest BCUT2D eigenvalue weighted by atomic mass is 32.1. The fourth-order valence-electron chi connectivity index (χ4n) is 6.55. The molecule has 46 heavy (non-hydrogen) atoms. The summed E-state index contributed by atoms with van der Waals surface area (Å²) < 4.78 is 4.92. The first kappa shape index (κ1) is 26.3. The van der Waals surface area contributed by atoms with Gasteiger partial charge >= 0.3 is 0 Å². The number of nitriles is 1. The Kier molecular flexibility index (Phi) is 6.02. The van der Waals surface area contributed by atoms with E-state index in [9.17, 15) is 5.26 Å². The molecule has 9 aromatic rings. The number of thiophene rings is 1. The Labute approximate surface area is 269 Å². The van der Waals surface area contributed by atoms with Crippen LogP contribution >= 0.6 is 11.3 Å². The largest absolute Gasteiger partial charge is 0.309 e. The van der Waals surface area contributed by atoms with E-state index < -0.39 is 0 Å². The number of hydrogen-bond acceptors (Lipinski definition) is 4. The van der Waals surface area contributed by atoms with Crippen LogP contribution in [0.25, 0.3) is 81.6 Å². The molecule has 214 valence electrons. The van der Waals surface area contributed by atoms with E-state index in [-0.39, 0.29) is 0 Å². The molecule has 0 fully saturated rings. The lowest BCUT2D eigenvalue weighted by molar-refractivity contribution is 1.16. The van der Waals surface area contributed by atoms with Gasteiger partial charge < -0.3 is 4.57 Å². The van der Waals surface area contributed by atoms with E-state index in [1.807, 2.05) is 72.0 Å². The molecule has 0 atom stereocenters. The first-order valence-electron chi connectivity index (χ1n) is 15.1. The lowest BCUT2D eigenvalue weighted by Crippen LogP contribution is -2.01. The topological polar surface area (TPSA) is 54.5 Å². The molecule has 0 amide bonds. The first-order valence-corrected chi connectivity index (χ1v) is 16.0. The molecule has 0 saturated heterocycles. The minimum absolute atomic E-state index is 0.465. The van der Waals surface area contributed by atoms with E-state index in [2.05, 4.69) is 95.6 Å². The van der Waals surface area contributed by atoms with Gasteiger partial charge in [-0.2, -0.15) is 5.26 Å². The van der Waals surface area contributed by atoms with Gasteiger partial charge in [0.05, 0.1) is 22.4 Å². The molecule has 0 bridgehead atoms. The predicted octanol–water partition coefficient (Wildman–Crippen LogP) is 10.8. The zero-order chi connectivity index (χ0) is 30.6. The fourth-order valence-corrected chi connectivity index (χ4v) is 7.63. The van der Waals surface area contributed by atoms with Gasteiger partial charge in [-0.25, -0.2) is 9.97 Å². The molecule has 9 rings (SSSR count). The van der Waals surface area contributed by atoms with Crippen LogP contribution in [0, 0.1) is 11.3 Å². The van der Waals surface area contributed by atoms with E-state index in [4.69, 9.17) is 9.97 Å². The summed E-state index contributed by atoms with van der Waals surface area (Å²) in [4.78, 5) is 10.1. The normalized spacial score (nSPS) is 11.5. The third-order valence-corrected chi connectivity index (χ3v) is 9.82. The number of para-hydroxylation sites is 1. The van der Waals surface area contributed by atoms with Crippen molar-refractivity contribution >= 4 is 53.3 Å². The Morgan fingerprint density at radius 2 is 1.11 bits per heavy atom. The van der Waals surface area contributed by atoms with Gasteiger partial charge in [-0.1, -0.05) is 109 Å². The van der Waals surface area contributed by atoms with Crippen LogP contribution in [0.3, 0.4) is 0 Å². The second kappa shape index (κ2) is 10.5. The van der Waals surface area contributed by atoms with E-state index >= 15 is 0 Å². The summed E-state index contributed by atoms with van der Waals surface area (Å²) >= 11 is 1.83. The van der Waals surface area contributed by atoms with Crippen LogP contribution in [-0.4, -0.2) is 14.5 Å². The van der Waals surface area contributed by atoms with Crippen molar-refractivity contribution in [2.24, 2.45) is 0 Å². The van der Waals surface area contributed by atoms with Crippen LogP contribution in [0.1, 0.15) is 5.56 Å². The summed E-state index contributed by atoms with van der Waals surface area (Å²) in [6, 6.07) is 52.6. The molecule has 3 aromatic heterocycles. The average Bonchev–Trinajstić information content (AvgIpc) is 3.66. The predicted molar refractivity (Wildman–Crippen MR) is 190 cm³/mol. The highest BCUT2D eigenvalue weighted by Gasteiger charge is 2.20. The first-order chi connectivity index (χ1) is 22.8. The van der Waals surface area contributed by atoms with Gasteiger partial charge in [-0.05, 0) is 36.4 Å². The van der Waals surface area contributed by atoms with Gasteiger partial charge in [0.1, 0.15) is 11.6 Å². The zero-order valence-electron chi connectivity index (χ0n) is 24.6. The highest BCUT2D eigenvalue weighted by molar-refractivity contribution is 7.25. The maximum absolute atomic E-state index is 10.4. The maximum atomic E-state index is 10.4. The van der Waals surface area contributed by atoms with Crippen molar-refractivity contribution in [2.45, 2.75) is 0 Å². The molecule has 0 spiro atoms. The van der Waals surface area contributed by atoms with Crippen LogP contribution in [0.2, 0.25) is 0 Å². The minimum Gasteiger partial charge on any atom is -0.309 e. The van der Waals surface area contributed by atoms with Crippen LogP contribution < -0.4 is 0 Å². The van der Waals surface area contributed by atoms with E-state index in [0.29, 0.717) is 22.8 Å². The second-order valence-corrected chi connectivity index (χ2v) is 12.4. The Morgan fingerprint density at radius 1 is 0.500 bits per heavy atom. The number of benzene rings is 6. The zero-order valence-corrected chi connectivity index (χ0v) is 25.4. The van der Waals surface area contributed by atoms with Crippen LogP contribution in [0.4, 0.5) is 0 Å². The Hall–Kier alpha value is -6.09. The third kappa shape index (κ3) is 4.12. The second-order valence-electron chi connectivity index (χ2n) is 11.3. The fraction of sp³-hybridized carbons (Fsp3) is 0. The minimum atomic E-state index is 0.465. The molecule has 0 aliphatic carbocycles. The van der Waals surface area contributed by atoms with Crippen molar-refractivity contribution < 1.29 is 0 Å². The van der Waals surface area contributed by atoms with Crippen LogP contribution in [0.15, 0.2) is 146 Å². The monoisotopic (exact) mass is 604 g/mol. The quantitative estimate of drug-likeness (QED) is 0.201. The Bertz CT molecular complexity index is 2580. The Balaban J connectivity index is 1.31. The van der Waals surface area contributed by atoms with Crippen molar-refractivity contribution in [2.75, 3.05) is 0 Å². The third-order valence-electron chi connectivity index (χ3n) is 8.67. The molecular weight excluding hydrogens is 581 g/mol. The molecule has 0 N–H and O–H groups in total. The summed E-state index contributed by atoms with van der Waals surface area (Å²) in [5.41, 5.74) is 7.69. The van der Waals surface area contributed by atoms with Crippen molar-refractivity contribution in [1.29, 1.82) is 5.26 Å². The summed E-state index contributed by atoms with van der Waals surface area (Å²) in [7, 11) is 0. The van der Waals surface area contributed by atoms with Gasteiger partial charge in [0.15, 0.2) is 5.82 Å². The molecule has 6 aromatic carbocycles. The molecule has 0 radical (unpaired) electrons. The lowest BCUT2D eigenvalue weighted by Gasteiger charge is -2.13. The van der Waals surface area contributed by atoms with E-state index in [1.54, 1.807) is 0 Å². The van der Waals surface area contributed by atoms with Gasteiger partial charge in [0.2, 0.25) is 0 Å². The maximum Gasteiger partial charge on any atom is 0.160 e. The van der Waals surface area contributed by atoms with Gasteiger partial charge in [0, 0.05) is 53.3 Å². The highest BCUT2D eigenvalue weighted by Crippen LogP contribution is 2.39. The molecule has 0 saturated carbocycles. The lowest BCUT2D eigenvalue weighted by atomic mass is 10.00. The number of hydrogen-bond donors (Lipinski definition) is 0. The average molecular weight is 605 g/mol. The van der Waals surface area contributed by atoms with E-state index in [0.717, 1.165) is 38.8 Å². The SMILES string of the molecule is N#Cc1c(-c2ccccc2)nc(-c2ccc3c4ccccc4n(-c4ccc5sc6ccccc6c5c4)c3c2)nc1-c1ccccc1. The van der Waals surface area contributed by atoms with Gasteiger partial charge in [0.25, 0.3) is 0 Å². The summed E-state index contributed by atoms with van der Waals surface area (Å²) in [5.74, 6) is 0.578. The molecule has 0 unspecified atom stereocenters. The molecular formula is C41H24N4S. The van der Waals surface area contributed by atoms with Crippen molar-refractivity contribution in [3.8, 4) is 45.7 Å². The number of rotatable bonds is 4. The van der Waals surface area contributed by atoms with Crippen LogP contribution in [0.5, 0.6) is 0 Å². The number of aromatic nitrogens is 3. The summed E-state index contributed by atoms with van der Waals surface area (Å²) in [6.45, 7) is 0. The van der Waals surface area contributed by atoms with Crippen molar-refractivity contribution in [1.82, 2.24) is 14.5 Å². The number of fused-ring (bicyclic) bond motifs is 6. The van der Waals surface area contributed by atoms with Crippen molar-refractivity contribution in [3.63, 3.8) is 0 Å². The van der Waals surface area contributed by atoms with Crippen LogP contribution in [-0.2, 0) is 0 Å². The summed E-state index contributed by atoms with van der Waals surface area (Å²) in [6.07, 6.45) is 0. The standard InChI is InChI=1S/C41H24N4S/c42-25-34-39(26-11-3-1-4-12-26)43-41(44-40(34)27-13-5-2-6-14-27)28-19-21-31-30-15-7-9-17-35(30)45(36(31)23-28)29-20-22-38-33(24-29)32-16-8-10-18-37(32)46-38/h1-24H. The van der Waals surface area contributed by atoms with Gasteiger partial charge in [-0.15, -0.1) is 11.3 Å². The molecule has 0 aliphatic heterocycles. The smallest absolute Gasteiger partial charge is 0.160 e. The van der Waals surface area contributed by atoms with Crippen molar-refractivity contribution in [3.05, 3.63) is 151 Å². The Morgan fingerprint density at radius 3 is 1.83 bits per heavy atom. The van der Waals surface area contributed by atoms with E-state index in [1.165, 1.54) is 25.6 Å². The number of nitrogens with zero attached hydrogens (tertiary/aromatic N) is 4.